The van der Waals surface area contributed by atoms with Crippen LogP contribution in [0.15, 0.2) is 30.3 Å². The number of benzene rings is 1. The highest BCUT2D eigenvalue weighted by Crippen LogP contribution is 2.22. The zero-order valence-electron chi connectivity index (χ0n) is 11.3. The van der Waals surface area contributed by atoms with Gasteiger partial charge in [0.15, 0.2) is 5.82 Å². The fourth-order valence-electron chi connectivity index (χ4n) is 1.60. The SMILES string of the molecule is CNc1cc(Oc2cccc(C#N)c2)nc(COC)n1. The molecule has 0 aliphatic heterocycles. The first-order valence-corrected chi connectivity index (χ1v) is 5.98. The number of nitrogens with one attached hydrogen (secondary N) is 1. The molecular weight excluding hydrogens is 256 g/mol. The van der Waals surface area contributed by atoms with Gasteiger partial charge in [0, 0.05) is 20.2 Å². The lowest BCUT2D eigenvalue weighted by Crippen LogP contribution is -2.03. The Morgan fingerprint density at radius 3 is 2.85 bits per heavy atom. The average Bonchev–Trinajstić information content (AvgIpc) is 2.47. The third-order valence-corrected chi connectivity index (χ3v) is 2.46. The summed E-state index contributed by atoms with van der Waals surface area (Å²) in [6.45, 7) is 0.296. The van der Waals surface area contributed by atoms with E-state index in [1.54, 1.807) is 44.5 Å². The van der Waals surface area contributed by atoms with Gasteiger partial charge in [-0.05, 0) is 18.2 Å². The number of hydrogen-bond donors (Lipinski definition) is 1. The number of hydrogen-bond acceptors (Lipinski definition) is 6. The maximum Gasteiger partial charge on any atom is 0.224 e. The van der Waals surface area contributed by atoms with Crippen LogP contribution in [0, 0.1) is 11.3 Å². The number of methoxy groups -OCH3 is 1. The minimum absolute atomic E-state index is 0.296. The van der Waals surface area contributed by atoms with Crippen LogP contribution in [-0.4, -0.2) is 24.1 Å². The molecule has 1 aromatic carbocycles. The van der Waals surface area contributed by atoms with Crippen molar-refractivity contribution in [3.8, 4) is 17.7 Å². The first-order chi connectivity index (χ1) is 9.75. The zero-order valence-corrected chi connectivity index (χ0v) is 11.3. The van der Waals surface area contributed by atoms with E-state index in [0.717, 1.165) is 0 Å². The Morgan fingerprint density at radius 2 is 2.15 bits per heavy atom. The van der Waals surface area contributed by atoms with Crippen LogP contribution in [0.4, 0.5) is 5.82 Å². The lowest BCUT2D eigenvalue weighted by Gasteiger charge is -2.08. The van der Waals surface area contributed by atoms with Gasteiger partial charge in [-0.25, -0.2) is 4.98 Å². The molecule has 6 nitrogen and oxygen atoms in total. The molecule has 0 atom stereocenters. The second-order valence-corrected chi connectivity index (χ2v) is 3.93. The fraction of sp³-hybridized carbons (Fsp3) is 0.214. The van der Waals surface area contributed by atoms with Crippen LogP contribution in [0.1, 0.15) is 11.4 Å². The van der Waals surface area contributed by atoms with Gasteiger partial charge in [-0.1, -0.05) is 6.07 Å². The number of anilines is 1. The van der Waals surface area contributed by atoms with Crippen molar-refractivity contribution < 1.29 is 9.47 Å². The normalized spacial score (nSPS) is 9.85. The van der Waals surface area contributed by atoms with E-state index in [9.17, 15) is 0 Å². The smallest absolute Gasteiger partial charge is 0.224 e. The molecule has 0 amide bonds. The highest BCUT2D eigenvalue weighted by Gasteiger charge is 2.06. The van der Waals surface area contributed by atoms with E-state index >= 15 is 0 Å². The number of rotatable bonds is 5. The van der Waals surface area contributed by atoms with Crippen LogP contribution in [0.3, 0.4) is 0 Å². The summed E-state index contributed by atoms with van der Waals surface area (Å²) in [6.07, 6.45) is 0. The Kier molecular flexibility index (Phi) is 4.47. The Morgan fingerprint density at radius 1 is 1.30 bits per heavy atom. The summed E-state index contributed by atoms with van der Waals surface area (Å²) in [5.74, 6) is 2.10. The number of aromatic nitrogens is 2. The van der Waals surface area contributed by atoms with Gasteiger partial charge in [0.1, 0.15) is 18.2 Å². The summed E-state index contributed by atoms with van der Waals surface area (Å²) in [7, 11) is 3.34. The van der Waals surface area contributed by atoms with Gasteiger partial charge in [-0.3, -0.25) is 0 Å². The van der Waals surface area contributed by atoms with Crippen molar-refractivity contribution >= 4 is 5.82 Å². The maximum absolute atomic E-state index is 8.87. The van der Waals surface area contributed by atoms with Gasteiger partial charge < -0.3 is 14.8 Å². The predicted molar refractivity (Wildman–Crippen MR) is 73.5 cm³/mol. The predicted octanol–water partition coefficient (Wildman–Crippen LogP) is 2.33. The van der Waals surface area contributed by atoms with E-state index in [1.165, 1.54) is 0 Å². The minimum atomic E-state index is 0.296. The summed E-state index contributed by atoms with van der Waals surface area (Å²) in [5.41, 5.74) is 0.530. The van der Waals surface area contributed by atoms with Gasteiger partial charge >= 0.3 is 0 Å². The lowest BCUT2D eigenvalue weighted by atomic mass is 10.2. The standard InChI is InChI=1S/C14H14N4O2/c1-16-12-7-14(18-13(17-12)9-19-2)20-11-5-3-4-10(6-11)8-15/h3-7H,9H2,1-2H3,(H,16,17,18). The van der Waals surface area contributed by atoms with Gasteiger partial charge in [-0.15, -0.1) is 0 Å². The minimum Gasteiger partial charge on any atom is -0.439 e. The van der Waals surface area contributed by atoms with Crippen LogP contribution in [-0.2, 0) is 11.3 Å². The highest BCUT2D eigenvalue weighted by atomic mass is 16.5. The molecule has 1 N–H and O–H groups in total. The second-order valence-electron chi connectivity index (χ2n) is 3.93. The first-order valence-electron chi connectivity index (χ1n) is 5.98. The molecule has 0 bridgehead atoms. The van der Waals surface area contributed by atoms with Crippen LogP contribution in [0.25, 0.3) is 0 Å². The van der Waals surface area contributed by atoms with Crippen LogP contribution < -0.4 is 10.1 Å². The molecule has 0 spiro atoms. The molecule has 2 rings (SSSR count). The van der Waals surface area contributed by atoms with E-state index in [2.05, 4.69) is 21.4 Å². The third kappa shape index (κ3) is 3.43. The van der Waals surface area contributed by atoms with Crippen LogP contribution >= 0.6 is 0 Å². The van der Waals surface area contributed by atoms with Crippen molar-refractivity contribution in [1.82, 2.24) is 9.97 Å². The van der Waals surface area contributed by atoms with Gasteiger partial charge in [0.25, 0.3) is 0 Å². The topological polar surface area (TPSA) is 80.1 Å². The zero-order chi connectivity index (χ0) is 14.4. The maximum atomic E-state index is 8.87. The van der Waals surface area contributed by atoms with E-state index in [-0.39, 0.29) is 0 Å². The number of nitriles is 1. The molecule has 0 saturated carbocycles. The van der Waals surface area contributed by atoms with Gasteiger partial charge in [0.2, 0.25) is 5.88 Å². The lowest BCUT2D eigenvalue weighted by molar-refractivity contribution is 0.177. The average molecular weight is 270 g/mol. The molecule has 0 fully saturated rings. The van der Waals surface area contributed by atoms with Crippen molar-refractivity contribution in [2.45, 2.75) is 6.61 Å². The van der Waals surface area contributed by atoms with Crippen molar-refractivity contribution in [2.75, 3.05) is 19.5 Å². The molecule has 1 heterocycles. The highest BCUT2D eigenvalue weighted by molar-refractivity contribution is 5.41. The third-order valence-electron chi connectivity index (χ3n) is 2.46. The molecule has 0 unspecified atom stereocenters. The van der Waals surface area contributed by atoms with Crippen molar-refractivity contribution in [1.29, 1.82) is 5.26 Å². The summed E-state index contributed by atoms with van der Waals surface area (Å²) >= 11 is 0. The Labute approximate surface area is 117 Å². The Bertz CT molecular complexity index is 637. The molecule has 1 aromatic heterocycles. The van der Waals surface area contributed by atoms with Crippen LogP contribution in [0.2, 0.25) is 0 Å². The molecule has 2 aromatic rings. The molecule has 20 heavy (non-hydrogen) atoms. The van der Waals surface area contributed by atoms with Crippen molar-refractivity contribution in [3.63, 3.8) is 0 Å². The molecule has 0 radical (unpaired) electrons. The molecule has 0 aliphatic rings. The fourth-order valence-corrected chi connectivity index (χ4v) is 1.60. The molecule has 0 aliphatic carbocycles. The summed E-state index contributed by atoms with van der Waals surface area (Å²) in [4.78, 5) is 8.48. The van der Waals surface area contributed by atoms with Gasteiger partial charge in [-0.2, -0.15) is 10.2 Å². The van der Waals surface area contributed by atoms with E-state index in [0.29, 0.717) is 35.4 Å². The second kappa shape index (κ2) is 6.50. The van der Waals surface area contributed by atoms with E-state index < -0.39 is 0 Å². The molecule has 0 saturated heterocycles. The summed E-state index contributed by atoms with van der Waals surface area (Å²) in [5, 5.41) is 11.8. The quantitative estimate of drug-likeness (QED) is 0.898. The van der Waals surface area contributed by atoms with E-state index in [4.69, 9.17) is 14.7 Å². The Balaban J connectivity index is 2.27. The largest absolute Gasteiger partial charge is 0.439 e. The molecular formula is C14H14N4O2. The number of nitrogens with zero attached hydrogens (tertiary/aromatic N) is 3. The van der Waals surface area contributed by atoms with Crippen molar-refractivity contribution in [2.24, 2.45) is 0 Å². The van der Waals surface area contributed by atoms with Gasteiger partial charge in [0.05, 0.1) is 11.6 Å². The summed E-state index contributed by atoms with van der Waals surface area (Å²) < 4.78 is 10.7. The van der Waals surface area contributed by atoms with E-state index in [1.807, 2.05) is 0 Å². The monoisotopic (exact) mass is 270 g/mol. The van der Waals surface area contributed by atoms with Crippen molar-refractivity contribution in [3.05, 3.63) is 41.7 Å². The summed E-state index contributed by atoms with van der Waals surface area (Å²) in [6, 6.07) is 10.6. The molecule has 6 heteroatoms. The van der Waals surface area contributed by atoms with Crippen LogP contribution in [0.5, 0.6) is 11.6 Å². The first kappa shape index (κ1) is 13.8. The number of ether oxygens (including phenoxy) is 2. The molecule has 102 valence electrons. The Hall–Kier alpha value is -2.65.